The SMILES string of the molecule is O=C(CNC(=O)c1ccc(Br)cc1O)Nc1cn[nH]c1. The maximum atomic E-state index is 11.8. The molecule has 7 nitrogen and oxygen atoms in total. The van der Waals surface area contributed by atoms with Crippen LogP contribution in [0.15, 0.2) is 35.1 Å². The van der Waals surface area contributed by atoms with Gasteiger partial charge in [0.05, 0.1) is 24.0 Å². The van der Waals surface area contributed by atoms with Crippen LogP contribution in [-0.4, -0.2) is 33.7 Å². The molecular weight excluding hydrogens is 328 g/mol. The summed E-state index contributed by atoms with van der Waals surface area (Å²) in [6.45, 7) is -0.209. The maximum absolute atomic E-state index is 11.8. The summed E-state index contributed by atoms with van der Waals surface area (Å²) in [6.07, 6.45) is 2.96. The molecule has 0 radical (unpaired) electrons. The predicted molar refractivity (Wildman–Crippen MR) is 75.4 cm³/mol. The van der Waals surface area contributed by atoms with Crippen LogP contribution in [0.2, 0.25) is 0 Å². The number of anilines is 1. The van der Waals surface area contributed by atoms with Gasteiger partial charge in [-0.1, -0.05) is 15.9 Å². The molecule has 0 spiro atoms. The van der Waals surface area contributed by atoms with Crippen LogP contribution < -0.4 is 10.6 Å². The van der Waals surface area contributed by atoms with Crippen molar-refractivity contribution in [1.82, 2.24) is 15.5 Å². The number of halogens is 1. The summed E-state index contributed by atoms with van der Waals surface area (Å²) in [5, 5.41) is 20.8. The topological polar surface area (TPSA) is 107 Å². The van der Waals surface area contributed by atoms with E-state index in [2.05, 4.69) is 36.8 Å². The zero-order valence-corrected chi connectivity index (χ0v) is 11.8. The highest BCUT2D eigenvalue weighted by Crippen LogP contribution is 2.21. The van der Waals surface area contributed by atoms with Crippen molar-refractivity contribution in [3.8, 4) is 5.75 Å². The zero-order chi connectivity index (χ0) is 14.5. The number of nitrogens with one attached hydrogen (secondary N) is 3. The van der Waals surface area contributed by atoms with Crippen molar-refractivity contribution in [2.24, 2.45) is 0 Å². The molecule has 0 unspecified atom stereocenters. The van der Waals surface area contributed by atoms with Gasteiger partial charge < -0.3 is 15.7 Å². The van der Waals surface area contributed by atoms with Crippen LogP contribution in [0.3, 0.4) is 0 Å². The van der Waals surface area contributed by atoms with Crippen molar-refractivity contribution in [3.05, 3.63) is 40.6 Å². The molecule has 0 atom stereocenters. The van der Waals surface area contributed by atoms with Crippen molar-refractivity contribution in [3.63, 3.8) is 0 Å². The first-order chi connectivity index (χ1) is 9.56. The molecule has 104 valence electrons. The third-order valence-electron chi connectivity index (χ3n) is 2.40. The first kappa shape index (κ1) is 14.1. The first-order valence-electron chi connectivity index (χ1n) is 5.61. The van der Waals surface area contributed by atoms with E-state index in [-0.39, 0.29) is 17.9 Å². The second-order valence-corrected chi connectivity index (χ2v) is 4.79. The molecule has 1 aromatic carbocycles. The molecule has 2 rings (SSSR count). The van der Waals surface area contributed by atoms with Gasteiger partial charge in [-0.15, -0.1) is 0 Å². The Kier molecular flexibility index (Phi) is 4.36. The molecule has 0 aliphatic heterocycles. The summed E-state index contributed by atoms with van der Waals surface area (Å²) in [5.41, 5.74) is 0.611. The number of aromatic hydroxyl groups is 1. The van der Waals surface area contributed by atoms with Gasteiger partial charge in [0.2, 0.25) is 5.91 Å². The van der Waals surface area contributed by atoms with Crippen molar-refractivity contribution in [2.45, 2.75) is 0 Å². The van der Waals surface area contributed by atoms with Gasteiger partial charge >= 0.3 is 0 Å². The Labute approximate surface area is 122 Å². The van der Waals surface area contributed by atoms with Gasteiger partial charge in [-0.05, 0) is 18.2 Å². The summed E-state index contributed by atoms with van der Waals surface area (Å²) < 4.78 is 0.657. The number of aromatic amines is 1. The second kappa shape index (κ2) is 6.20. The average molecular weight is 339 g/mol. The number of nitrogens with zero attached hydrogens (tertiary/aromatic N) is 1. The lowest BCUT2D eigenvalue weighted by Gasteiger charge is -2.07. The number of benzene rings is 1. The van der Waals surface area contributed by atoms with E-state index in [0.29, 0.717) is 10.2 Å². The van der Waals surface area contributed by atoms with Gasteiger partial charge in [0.25, 0.3) is 5.91 Å². The van der Waals surface area contributed by atoms with E-state index < -0.39 is 11.8 Å². The van der Waals surface area contributed by atoms with Gasteiger partial charge in [-0.25, -0.2) is 0 Å². The molecule has 8 heteroatoms. The van der Waals surface area contributed by atoms with E-state index in [1.807, 2.05) is 0 Å². The molecule has 2 aromatic rings. The smallest absolute Gasteiger partial charge is 0.255 e. The van der Waals surface area contributed by atoms with E-state index >= 15 is 0 Å². The van der Waals surface area contributed by atoms with E-state index in [1.54, 1.807) is 6.07 Å². The van der Waals surface area contributed by atoms with Crippen LogP contribution in [0.5, 0.6) is 5.75 Å². The summed E-state index contributed by atoms with van der Waals surface area (Å²) in [7, 11) is 0. The number of phenolic OH excluding ortho intramolecular Hbond substituents is 1. The number of aromatic nitrogens is 2. The zero-order valence-electron chi connectivity index (χ0n) is 10.2. The summed E-state index contributed by atoms with van der Waals surface area (Å²) >= 11 is 3.18. The number of carbonyl (C=O) groups is 2. The number of H-pyrrole nitrogens is 1. The first-order valence-corrected chi connectivity index (χ1v) is 6.41. The highest BCUT2D eigenvalue weighted by atomic mass is 79.9. The third kappa shape index (κ3) is 3.58. The van der Waals surface area contributed by atoms with Crippen LogP contribution in [0.25, 0.3) is 0 Å². The molecule has 0 aliphatic carbocycles. The molecule has 0 fully saturated rings. The lowest BCUT2D eigenvalue weighted by atomic mass is 10.2. The van der Waals surface area contributed by atoms with Gasteiger partial charge in [-0.3, -0.25) is 14.7 Å². The van der Waals surface area contributed by atoms with E-state index in [0.717, 1.165) is 0 Å². The lowest BCUT2D eigenvalue weighted by molar-refractivity contribution is -0.115. The number of carbonyl (C=O) groups excluding carboxylic acids is 2. The second-order valence-electron chi connectivity index (χ2n) is 3.88. The van der Waals surface area contributed by atoms with E-state index in [4.69, 9.17) is 0 Å². The van der Waals surface area contributed by atoms with Crippen molar-refractivity contribution in [2.75, 3.05) is 11.9 Å². The molecule has 20 heavy (non-hydrogen) atoms. The summed E-state index contributed by atoms with van der Waals surface area (Å²) in [6, 6.07) is 4.49. The van der Waals surface area contributed by atoms with Crippen molar-refractivity contribution >= 4 is 33.4 Å². The fourth-order valence-electron chi connectivity index (χ4n) is 1.48. The Balaban J connectivity index is 1.90. The number of hydrogen-bond donors (Lipinski definition) is 4. The minimum absolute atomic E-state index is 0.101. The number of phenols is 1. The Morgan fingerprint density at radius 3 is 2.85 bits per heavy atom. The highest BCUT2D eigenvalue weighted by Gasteiger charge is 2.12. The van der Waals surface area contributed by atoms with Gasteiger partial charge in [-0.2, -0.15) is 5.10 Å². The van der Waals surface area contributed by atoms with Crippen LogP contribution >= 0.6 is 15.9 Å². The normalized spacial score (nSPS) is 10.1. The summed E-state index contributed by atoms with van der Waals surface area (Å²) in [5.74, 6) is -1.08. The molecule has 0 bridgehead atoms. The van der Waals surface area contributed by atoms with Gasteiger partial charge in [0.15, 0.2) is 0 Å². The third-order valence-corrected chi connectivity index (χ3v) is 2.89. The predicted octanol–water partition coefficient (Wildman–Crippen LogP) is 1.25. The Morgan fingerprint density at radius 1 is 1.40 bits per heavy atom. The maximum Gasteiger partial charge on any atom is 0.255 e. The molecule has 0 saturated carbocycles. The Bertz CT molecular complexity index is 628. The van der Waals surface area contributed by atoms with Gasteiger partial charge in [0, 0.05) is 10.7 Å². The minimum atomic E-state index is -0.530. The monoisotopic (exact) mass is 338 g/mol. The Morgan fingerprint density at radius 2 is 2.20 bits per heavy atom. The molecular formula is C12H11BrN4O3. The fraction of sp³-hybridized carbons (Fsp3) is 0.0833. The highest BCUT2D eigenvalue weighted by molar-refractivity contribution is 9.10. The van der Waals surface area contributed by atoms with Crippen molar-refractivity contribution in [1.29, 1.82) is 0 Å². The van der Waals surface area contributed by atoms with Gasteiger partial charge in [0.1, 0.15) is 5.75 Å². The Hall–Kier alpha value is -2.35. The largest absolute Gasteiger partial charge is 0.507 e. The minimum Gasteiger partial charge on any atom is -0.507 e. The van der Waals surface area contributed by atoms with Crippen LogP contribution in [0.4, 0.5) is 5.69 Å². The van der Waals surface area contributed by atoms with Crippen LogP contribution in [-0.2, 0) is 4.79 Å². The molecule has 0 aliphatic rings. The van der Waals surface area contributed by atoms with E-state index in [1.165, 1.54) is 24.5 Å². The van der Waals surface area contributed by atoms with Crippen molar-refractivity contribution < 1.29 is 14.7 Å². The molecule has 0 saturated heterocycles. The quantitative estimate of drug-likeness (QED) is 0.672. The number of hydrogen-bond acceptors (Lipinski definition) is 4. The molecule has 2 amide bonds. The fourth-order valence-corrected chi connectivity index (χ4v) is 1.83. The number of rotatable bonds is 4. The number of amides is 2. The standard InChI is InChI=1S/C12H11BrN4O3/c13-7-1-2-9(10(18)3-7)12(20)14-6-11(19)17-8-4-15-16-5-8/h1-5,18H,6H2,(H,14,20)(H,15,16)(H,17,19). The molecule has 1 aromatic heterocycles. The van der Waals surface area contributed by atoms with Crippen LogP contribution in [0.1, 0.15) is 10.4 Å². The van der Waals surface area contributed by atoms with E-state index in [9.17, 15) is 14.7 Å². The van der Waals surface area contributed by atoms with Crippen LogP contribution in [0, 0.1) is 0 Å². The summed E-state index contributed by atoms with van der Waals surface area (Å²) in [4.78, 5) is 23.3. The molecule has 4 N–H and O–H groups in total. The lowest BCUT2D eigenvalue weighted by Crippen LogP contribution is -2.32. The average Bonchev–Trinajstić information content (AvgIpc) is 2.89. The molecule has 1 heterocycles.